The van der Waals surface area contributed by atoms with E-state index in [0.717, 1.165) is 10.4 Å². The third-order valence-corrected chi connectivity index (χ3v) is 3.74. The number of carbonyl (C=O) groups is 1. The summed E-state index contributed by atoms with van der Waals surface area (Å²) in [4.78, 5) is 20.0. The molecular weight excluding hydrogens is 252 g/mol. The average molecular weight is 266 g/mol. The largest absolute Gasteiger partial charge is 0.465 e. The molecule has 0 aliphatic heterocycles. The zero-order valence-corrected chi connectivity index (χ0v) is 11.0. The van der Waals surface area contributed by atoms with Gasteiger partial charge >= 0.3 is 5.97 Å². The number of thioether (sulfide) groups is 1. The topological polar surface area (TPSA) is 80.8 Å². The van der Waals surface area contributed by atoms with E-state index in [1.54, 1.807) is 13.1 Å². The summed E-state index contributed by atoms with van der Waals surface area (Å²) in [5.41, 5.74) is 0.672. The number of rotatable bonds is 5. The second-order valence-electron chi connectivity index (χ2n) is 3.58. The predicted octanol–water partition coefficient (Wildman–Crippen LogP) is 1.79. The number of carbonyl (C=O) groups excluding carboxylic acids is 1. The standard InChI is InChI=1S/C11H14N4O2S/c1-3-8(11(16)17-4-2)18-10-7-5-14-15-9(7)12-6-13-10/h5-6,8H,3-4H2,1-2H3,(H,12,13,14,15). The molecule has 0 saturated heterocycles. The van der Waals surface area contributed by atoms with Crippen molar-refractivity contribution in [2.24, 2.45) is 0 Å². The summed E-state index contributed by atoms with van der Waals surface area (Å²) in [6, 6.07) is 0. The van der Waals surface area contributed by atoms with Crippen LogP contribution in [0, 0.1) is 0 Å². The van der Waals surface area contributed by atoms with Crippen molar-refractivity contribution in [2.75, 3.05) is 6.61 Å². The second kappa shape index (κ2) is 5.81. The molecule has 0 aromatic carbocycles. The normalized spacial score (nSPS) is 12.6. The van der Waals surface area contributed by atoms with Gasteiger partial charge in [0.05, 0.1) is 18.2 Å². The van der Waals surface area contributed by atoms with E-state index < -0.39 is 0 Å². The Hall–Kier alpha value is -1.63. The average Bonchev–Trinajstić information content (AvgIpc) is 2.85. The molecule has 2 rings (SSSR count). The first-order chi connectivity index (χ1) is 8.76. The number of ether oxygens (including phenoxy) is 1. The molecule has 2 aromatic rings. The second-order valence-corrected chi connectivity index (χ2v) is 4.77. The van der Waals surface area contributed by atoms with Gasteiger partial charge in [0.1, 0.15) is 16.6 Å². The lowest BCUT2D eigenvalue weighted by Crippen LogP contribution is -2.19. The first-order valence-corrected chi connectivity index (χ1v) is 6.61. The number of aromatic nitrogens is 4. The highest BCUT2D eigenvalue weighted by atomic mass is 32.2. The highest BCUT2D eigenvalue weighted by Crippen LogP contribution is 2.29. The van der Waals surface area contributed by atoms with E-state index in [4.69, 9.17) is 4.74 Å². The molecule has 0 amide bonds. The number of hydrogen-bond donors (Lipinski definition) is 1. The lowest BCUT2D eigenvalue weighted by molar-refractivity contribution is -0.142. The molecular formula is C11H14N4O2S. The van der Waals surface area contributed by atoms with Crippen LogP contribution in [0.15, 0.2) is 17.6 Å². The summed E-state index contributed by atoms with van der Waals surface area (Å²) in [6.45, 7) is 4.14. The Kier molecular flexibility index (Phi) is 4.14. The van der Waals surface area contributed by atoms with Crippen molar-refractivity contribution in [2.45, 2.75) is 30.5 Å². The maximum atomic E-state index is 11.7. The molecule has 2 aromatic heterocycles. The van der Waals surface area contributed by atoms with Crippen molar-refractivity contribution in [3.63, 3.8) is 0 Å². The maximum Gasteiger partial charge on any atom is 0.319 e. The SMILES string of the molecule is CCOC(=O)C(CC)Sc1ncnc2[nH]ncc12. The van der Waals surface area contributed by atoms with Crippen molar-refractivity contribution >= 4 is 28.8 Å². The molecule has 0 radical (unpaired) electrons. The Morgan fingerprint density at radius 1 is 1.50 bits per heavy atom. The van der Waals surface area contributed by atoms with Crippen LogP contribution >= 0.6 is 11.8 Å². The van der Waals surface area contributed by atoms with Crippen LogP contribution in [0.25, 0.3) is 11.0 Å². The Bertz CT molecular complexity index is 543. The number of nitrogens with zero attached hydrogens (tertiary/aromatic N) is 3. The lowest BCUT2D eigenvalue weighted by atomic mass is 10.3. The summed E-state index contributed by atoms with van der Waals surface area (Å²) in [6.07, 6.45) is 3.81. The van der Waals surface area contributed by atoms with Gasteiger partial charge in [-0.1, -0.05) is 18.7 Å². The zero-order valence-electron chi connectivity index (χ0n) is 10.2. The van der Waals surface area contributed by atoms with E-state index in [-0.39, 0.29) is 11.2 Å². The van der Waals surface area contributed by atoms with Gasteiger partial charge in [-0.15, -0.1) is 0 Å². The molecule has 0 aliphatic carbocycles. The van der Waals surface area contributed by atoms with Gasteiger partial charge in [0.25, 0.3) is 0 Å². The van der Waals surface area contributed by atoms with E-state index in [9.17, 15) is 4.79 Å². The first-order valence-electron chi connectivity index (χ1n) is 5.73. The predicted molar refractivity (Wildman–Crippen MR) is 68.3 cm³/mol. The maximum absolute atomic E-state index is 11.7. The number of nitrogens with one attached hydrogen (secondary N) is 1. The van der Waals surface area contributed by atoms with Gasteiger partial charge in [-0.05, 0) is 13.3 Å². The third-order valence-electron chi connectivity index (χ3n) is 2.39. The molecule has 0 fully saturated rings. The number of aromatic amines is 1. The van der Waals surface area contributed by atoms with E-state index >= 15 is 0 Å². The van der Waals surface area contributed by atoms with Gasteiger partial charge in [0.2, 0.25) is 0 Å². The highest BCUT2D eigenvalue weighted by molar-refractivity contribution is 8.00. The summed E-state index contributed by atoms with van der Waals surface area (Å²) in [5.74, 6) is -0.208. The minimum atomic E-state index is -0.252. The minimum absolute atomic E-state index is 0.208. The van der Waals surface area contributed by atoms with Gasteiger partial charge in [0.15, 0.2) is 5.65 Å². The molecule has 0 aliphatic rings. The Morgan fingerprint density at radius 3 is 3.06 bits per heavy atom. The van der Waals surface area contributed by atoms with Crippen LogP contribution in [0.1, 0.15) is 20.3 Å². The fourth-order valence-corrected chi connectivity index (χ4v) is 2.49. The fourth-order valence-electron chi connectivity index (χ4n) is 1.50. The number of hydrogen-bond acceptors (Lipinski definition) is 6. The summed E-state index contributed by atoms with van der Waals surface area (Å²) in [7, 11) is 0. The molecule has 96 valence electrons. The van der Waals surface area contributed by atoms with Gasteiger partial charge in [0, 0.05) is 0 Å². The highest BCUT2D eigenvalue weighted by Gasteiger charge is 2.21. The minimum Gasteiger partial charge on any atom is -0.465 e. The molecule has 2 heterocycles. The Balaban J connectivity index is 2.21. The van der Waals surface area contributed by atoms with E-state index in [1.807, 2.05) is 6.92 Å². The Morgan fingerprint density at radius 2 is 2.33 bits per heavy atom. The van der Waals surface area contributed by atoms with Gasteiger partial charge < -0.3 is 4.74 Å². The van der Waals surface area contributed by atoms with Crippen LogP contribution in [-0.2, 0) is 9.53 Å². The monoisotopic (exact) mass is 266 g/mol. The van der Waals surface area contributed by atoms with Crippen molar-refractivity contribution < 1.29 is 9.53 Å². The molecule has 0 saturated carbocycles. The fraction of sp³-hybridized carbons (Fsp3) is 0.455. The van der Waals surface area contributed by atoms with Crippen LogP contribution < -0.4 is 0 Å². The number of esters is 1. The third kappa shape index (κ3) is 2.61. The lowest BCUT2D eigenvalue weighted by Gasteiger charge is -2.12. The van der Waals surface area contributed by atoms with Crippen LogP contribution in [0.3, 0.4) is 0 Å². The van der Waals surface area contributed by atoms with Crippen molar-refractivity contribution in [3.05, 3.63) is 12.5 Å². The first kappa shape index (κ1) is 12.8. The quantitative estimate of drug-likeness (QED) is 0.505. The summed E-state index contributed by atoms with van der Waals surface area (Å²) in [5, 5.41) is 8.01. The van der Waals surface area contributed by atoms with Crippen LogP contribution in [0.5, 0.6) is 0 Å². The van der Waals surface area contributed by atoms with E-state index in [2.05, 4.69) is 20.2 Å². The number of H-pyrrole nitrogens is 1. The molecule has 0 spiro atoms. The van der Waals surface area contributed by atoms with E-state index in [0.29, 0.717) is 18.7 Å². The summed E-state index contributed by atoms with van der Waals surface area (Å²) >= 11 is 1.39. The smallest absolute Gasteiger partial charge is 0.319 e. The molecule has 18 heavy (non-hydrogen) atoms. The Labute approximate surface area is 109 Å². The molecule has 1 N–H and O–H groups in total. The number of fused-ring (bicyclic) bond motifs is 1. The van der Waals surface area contributed by atoms with Crippen molar-refractivity contribution in [3.8, 4) is 0 Å². The van der Waals surface area contributed by atoms with Gasteiger partial charge in [-0.3, -0.25) is 9.89 Å². The van der Waals surface area contributed by atoms with Crippen LogP contribution in [0.4, 0.5) is 0 Å². The van der Waals surface area contributed by atoms with Crippen LogP contribution in [-0.4, -0.2) is 38.0 Å². The molecule has 1 unspecified atom stereocenters. The zero-order chi connectivity index (χ0) is 13.0. The molecule has 0 bridgehead atoms. The van der Waals surface area contributed by atoms with Crippen molar-refractivity contribution in [1.82, 2.24) is 20.2 Å². The van der Waals surface area contributed by atoms with Crippen LogP contribution in [0.2, 0.25) is 0 Å². The van der Waals surface area contributed by atoms with E-state index in [1.165, 1.54) is 18.1 Å². The summed E-state index contributed by atoms with van der Waals surface area (Å²) < 4.78 is 5.03. The van der Waals surface area contributed by atoms with Gasteiger partial charge in [-0.25, -0.2) is 9.97 Å². The molecule has 7 heteroatoms. The van der Waals surface area contributed by atoms with Crippen molar-refractivity contribution in [1.29, 1.82) is 0 Å². The molecule has 6 nitrogen and oxygen atoms in total. The molecule has 1 atom stereocenters. The van der Waals surface area contributed by atoms with Gasteiger partial charge in [-0.2, -0.15) is 5.10 Å².